The molecule has 1 aromatic carbocycles. The third-order valence-electron chi connectivity index (χ3n) is 2.59. The highest BCUT2D eigenvalue weighted by Crippen LogP contribution is 2.17. The van der Waals surface area contributed by atoms with Crippen molar-refractivity contribution in [1.82, 2.24) is 0 Å². The Kier molecular flexibility index (Phi) is 8.00. The molecule has 5 nitrogen and oxygen atoms in total. The van der Waals surface area contributed by atoms with Crippen LogP contribution in [-0.4, -0.2) is 22.3 Å². The molecule has 5 heteroatoms. The van der Waals surface area contributed by atoms with Crippen LogP contribution in [0.4, 0.5) is 10.5 Å². The smallest absolute Gasteiger partial charge is 0.409 e. The number of carbonyl (C=O) groups is 2. The Hall–Kier alpha value is -2.04. The van der Waals surface area contributed by atoms with Gasteiger partial charge in [0.05, 0.1) is 0 Å². The van der Waals surface area contributed by atoms with E-state index >= 15 is 0 Å². The zero-order chi connectivity index (χ0) is 14.8. The first-order valence-corrected chi connectivity index (χ1v) is 6.16. The van der Waals surface area contributed by atoms with Crippen LogP contribution in [0.2, 0.25) is 0 Å². The van der Waals surface area contributed by atoms with Crippen molar-refractivity contribution >= 4 is 17.7 Å². The lowest BCUT2D eigenvalue weighted by Gasteiger charge is -2.06. The summed E-state index contributed by atoms with van der Waals surface area (Å²) < 4.78 is 0. The molecule has 0 radical (unpaired) electrons. The molecule has 19 heavy (non-hydrogen) atoms. The van der Waals surface area contributed by atoms with Gasteiger partial charge >= 0.3 is 12.1 Å². The van der Waals surface area contributed by atoms with E-state index in [9.17, 15) is 9.59 Å². The van der Waals surface area contributed by atoms with Gasteiger partial charge in [0, 0.05) is 12.1 Å². The molecule has 0 aliphatic rings. The second kappa shape index (κ2) is 8.97. The molecule has 0 bridgehead atoms. The Labute approximate surface area is 113 Å². The highest BCUT2D eigenvalue weighted by atomic mass is 16.4. The zero-order valence-corrected chi connectivity index (χ0v) is 11.6. The fraction of sp³-hybridized carbons (Fsp3) is 0.429. The van der Waals surface area contributed by atoms with Crippen molar-refractivity contribution in [2.75, 3.05) is 5.32 Å². The summed E-state index contributed by atoms with van der Waals surface area (Å²) in [5.74, 6) is -0.693. The van der Waals surface area contributed by atoms with E-state index in [1.165, 1.54) is 0 Å². The molecule has 0 aliphatic heterocycles. The highest BCUT2D eigenvalue weighted by molar-refractivity contribution is 5.84. The molecule has 106 valence electrons. The summed E-state index contributed by atoms with van der Waals surface area (Å²) in [5, 5.41) is 18.8. The number of aryl methyl sites for hydroxylation is 1. The second-order valence-electron chi connectivity index (χ2n) is 4.17. The predicted molar refractivity (Wildman–Crippen MR) is 74.7 cm³/mol. The van der Waals surface area contributed by atoms with Gasteiger partial charge in [-0.05, 0) is 37.5 Å². The van der Waals surface area contributed by atoms with Crippen molar-refractivity contribution in [3.05, 3.63) is 29.3 Å². The van der Waals surface area contributed by atoms with Gasteiger partial charge in [-0.2, -0.15) is 0 Å². The number of hydrogen-bond donors (Lipinski definition) is 3. The number of unbranched alkanes of at least 4 members (excludes halogenated alkanes) is 1. The average molecular weight is 267 g/mol. The van der Waals surface area contributed by atoms with Crippen LogP contribution in [0.1, 0.15) is 37.3 Å². The maximum absolute atomic E-state index is 10.3. The lowest BCUT2D eigenvalue weighted by atomic mass is 10.1. The molecular weight excluding hydrogens is 246 g/mol. The largest absolute Gasteiger partial charge is 0.481 e. The van der Waals surface area contributed by atoms with E-state index in [0.29, 0.717) is 12.1 Å². The Morgan fingerprint density at radius 2 is 1.84 bits per heavy atom. The molecule has 0 aliphatic carbocycles. The number of benzene rings is 1. The van der Waals surface area contributed by atoms with Crippen LogP contribution in [0.3, 0.4) is 0 Å². The van der Waals surface area contributed by atoms with Gasteiger partial charge in [-0.15, -0.1) is 0 Å². The van der Waals surface area contributed by atoms with Crippen molar-refractivity contribution < 1.29 is 19.8 Å². The van der Waals surface area contributed by atoms with E-state index in [2.05, 4.69) is 5.32 Å². The second-order valence-corrected chi connectivity index (χ2v) is 4.17. The number of hydrogen-bond acceptors (Lipinski definition) is 2. The third-order valence-corrected chi connectivity index (χ3v) is 2.59. The molecule has 0 aromatic heterocycles. The van der Waals surface area contributed by atoms with E-state index in [4.69, 9.17) is 10.2 Å². The molecule has 3 N–H and O–H groups in total. The minimum absolute atomic E-state index is 0.316. The van der Waals surface area contributed by atoms with Crippen LogP contribution in [0.15, 0.2) is 18.2 Å². The van der Waals surface area contributed by atoms with Crippen LogP contribution in [0.25, 0.3) is 0 Å². The lowest BCUT2D eigenvalue weighted by Crippen LogP contribution is -2.08. The van der Waals surface area contributed by atoms with Crippen molar-refractivity contribution in [1.29, 1.82) is 0 Å². The highest BCUT2D eigenvalue weighted by Gasteiger charge is 2.02. The van der Waals surface area contributed by atoms with Gasteiger partial charge in [-0.3, -0.25) is 10.1 Å². The summed E-state index contributed by atoms with van der Waals surface area (Å²) in [6.07, 6.45) is 1.06. The molecule has 0 atom stereocenters. The van der Waals surface area contributed by atoms with Gasteiger partial charge in [0.15, 0.2) is 0 Å². The van der Waals surface area contributed by atoms with Crippen LogP contribution >= 0.6 is 0 Å². The van der Waals surface area contributed by atoms with Gasteiger partial charge in [-0.25, -0.2) is 4.79 Å². The average Bonchev–Trinajstić information content (AvgIpc) is 2.33. The molecule has 1 amide bonds. The summed E-state index contributed by atoms with van der Waals surface area (Å²) in [6.45, 7) is 5.81. The Morgan fingerprint density at radius 3 is 2.26 bits per heavy atom. The summed E-state index contributed by atoms with van der Waals surface area (Å²) in [7, 11) is 0. The fourth-order valence-electron chi connectivity index (χ4n) is 1.33. The molecule has 0 saturated heterocycles. The Balaban J connectivity index is 0.000000399. The first-order chi connectivity index (χ1) is 8.88. The summed E-state index contributed by atoms with van der Waals surface area (Å²) in [5.41, 5.74) is 2.71. The van der Waals surface area contributed by atoms with Crippen molar-refractivity contribution in [2.24, 2.45) is 0 Å². The number of carboxylic acid groups (broad SMARTS) is 2. The molecule has 0 heterocycles. The molecular formula is C14H21NO4. The van der Waals surface area contributed by atoms with Gasteiger partial charge in [-0.1, -0.05) is 25.5 Å². The van der Waals surface area contributed by atoms with Gasteiger partial charge in [0.1, 0.15) is 0 Å². The minimum Gasteiger partial charge on any atom is -0.481 e. The van der Waals surface area contributed by atoms with E-state index < -0.39 is 12.1 Å². The van der Waals surface area contributed by atoms with Crippen molar-refractivity contribution in [2.45, 2.75) is 40.0 Å². The number of anilines is 1. The van der Waals surface area contributed by atoms with Crippen LogP contribution in [0, 0.1) is 13.8 Å². The number of amides is 1. The first-order valence-electron chi connectivity index (χ1n) is 6.16. The monoisotopic (exact) mass is 267 g/mol. The molecule has 0 saturated carbocycles. The van der Waals surface area contributed by atoms with Crippen LogP contribution in [-0.2, 0) is 4.79 Å². The molecule has 0 fully saturated rings. The molecule has 0 spiro atoms. The fourth-order valence-corrected chi connectivity index (χ4v) is 1.33. The maximum atomic E-state index is 10.3. The quantitative estimate of drug-likeness (QED) is 0.777. The van der Waals surface area contributed by atoms with E-state index in [-0.39, 0.29) is 0 Å². The van der Waals surface area contributed by atoms with Crippen molar-refractivity contribution in [3.63, 3.8) is 0 Å². The Bertz CT molecular complexity index is 429. The maximum Gasteiger partial charge on any atom is 0.409 e. The predicted octanol–water partition coefficient (Wildman–Crippen LogP) is 3.65. The number of rotatable bonds is 4. The van der Waals surface area contributed by atoms with E-state index in [1.54, 1.807) is 6.07 Å². The molecule has 1 aromatic rings. The Morgan fingerprint density at radius 1 is 1.21 bits per heavy atom. The van der Waals surface area contributed by atoms with Gasteiger partial charge in [0.2, 0.25) is 0 Å². The van der Waals surface area contributed by atoms with E-state index in [1.807, 2.05) is 32.9 Å². The lowest BCUT2D eigenvalue weighted by molar-refractivity contribution is -0.137. The minimum atomic E-state index is -1.02. The topological polar surface area (TPSA) is 86.6 Å². The number of aliphatic carboxylic acids is 1. The number of nitrogens with one attached hydrogen (secondary N) is 1. The summed E-state index contributed by atoms with van der Waals surface area (Å²) in [4.78, 5) is 20.1. The van der Waals surface area contributed by atoms with Gasteiger partial charge < -0.3 is 10.2 Å². The van der Waals surface area contributed by atoms with Crippen LogP contribution < -0.4 is 5.32 Å². The number of carboxylic acids is 1. The van der Waals surface area contributed by atoms with Gasteiger partial charge in [0.25, 0.3) is 0 Å². The van der Waals surface area contributed by atoms with E-state index in [0.717, 1.165) is 24.0 Å². The zero-order valence-electron chi connectivity index (χ0n) is 11.6. The summed E-state index contributed by atoms with van der Waals surface area (Å²) in [6, 6.07) is 5.52. The SMILES string of the molecule is CCCCC(=O)O.Cc1cccc(NC(=O)O)c1C. The third kappa shape index (κ3) is 7.81. The molecule has 1 rings (SSSR count). The van der Waals surface area contributed by atoms with Crippen LogP contribution in [0.5, 0.6) is 0 Å². The normalized spacial score (nSPS) is 9.21. The molecule has 0 unspecified atom stereocenters. The first kappa shape index (κ1) is 17.0. The van der Waals surface area contributed by atoms with Crippen molar-refractivity contribution in [3.8, 4) is 0 Å². The standard InChI is InChI=1S/C9H11NO2.C5H10O2/c1-6-4-3-5-8(7(6)2)10-9(11)12;1-2-3-4-5(6)7/h3-5,10H,1-2H3,(H,11,12);2-4H2,1H3,(H,6,7). The summed E-state index contributed by atoms with van der Waals surface area (Å²) >= 11 is 0.